The van der Waals surface area contributed by atoms with Crippen LogP contribution in [0.4, 0.5) is 0 Å². The largest absolute Gasteiger partial charge is 0.377 e. The lowest BCUT2D eigenvalue weighted by molar-refractivity contribution is 0.0914. The van der Waals surface area contributed by atoms with Gasteiger partial charge in [0.25, 0.3) is 0 Å². The first-order chi connectivity index (χ1) is 7.74. The highest BCUT2D eigenvalue weighted by molar-refractivity contribution is 4.94. The molecule has 1 aliphatic heterocycles. The van der Waals surface area contributed by atoms with Crippen molar-refractivity contribution in [2.45, 2.75) is 57.1 Å². The molecule has 2 rings (SSSR count). The molecule has 0 radical (unpaired) electrons. The molecule has 0 aromatic heterocycles. The van der Waals surface area contributed by atoms with Gasteiger partial charge in [-0.2, -0.15) is 0 Å². The van der Waals surface area contributed by atoms with Crippen LogP contribution in [0, 0.1) is 5.92 Å². The molecule has 1 aliphatic carbocycles. The predicted molar refractivity (Wildman–Crippen MR) is 66.4 cm³/mol. The Morgan fingerprint density at radius 2 is 2.25 bits per heavy atom. The van der Waals surface area contributed by atoms with Crippen molar-refractivity contribution < 1.29 is 4.74 Å². The van der Waals surface area contributed by atoms with Crippen LogP contribution in [0.15, 0.2) is 0 Å². The van der Waals surface area contributed by atoms with Crippen LogP contribution in [0.5, 0.6) is 0 Å². The molecule has 0 amide bonds. The molecule has 3 unspecified atom stereocenters. The maximum Gasteiger partial charge on any atom is 0.0700 e. The van der Waals surface area contributed by atoms with Gasteiger partial charge in [0.15, 0.2) is 0 Å². The summed E-state index contributed by atoms with van der Waals surface area (Å²) < 4.78 is 5.66. The minimum Gasteiger partial charge on any atom is -0.377 e. The van der Waals surface area contributed by atoms with Gasteiger partial charge in [-0.3, -0.25) is 0 Å². The second-order valence-corrected chi connectivity index (χ2v) is 5.70. The van der Waals surface area contributed by atoms with Crippen molar-refractivity contribution in [3.05, 3.63) is 0 Å². The molecule has 0 aromatic rings. The summed E-state index contributed by atoms with van der Waals surface area (Å²) in [6.07, 6.45) is 8.01. The first-order valence-corrected chi connectivity index (χ1v) is 6.81. The van der Waals surface area contributed by atoms with E-state index in [-0.39, 0.29) is 5.54 Å². The molecular weight excluding hydrogens is 200 g/mol. The minimum atomic E-state index is 0.198. The molecule has 16 heavy (non-hydrogen) atoms. The van der Waals surface area contributed by atoms with Crippen LogP contribution in [-0.4, -0.2) is 31.3 Å². The lowest BCUT2D eigenvalue weighted by atomic mass is 9.76. The number of hydrogen-bond donors (Lipinski definition) is 2. The lowest BCUT2D eigenvalue weighted by Crippen LogP contribution is -2.55. The van der Waals surface area contributed by atoms with Crippen LogP contribution < -0.4 is 11.1 Å². The highest BCUT2D eigenvalue weighted by Crippen LogP contribution is 2.31. The van der Waals surface area contributed by atoms with Gasteiger partial charge >= 0.3 is 0 Å². The first-order valence-electron chi connectivity index (χ1n) is 6.81. The average molecular weight is 226 g/mol. The third-order valence-corrected chi connectivity index (χ3v) is 4.21. The van der Waals surface area contributed by atoms with E-state index in [0.717, 1.165) is 25.6 Å². The van der Waals surface area contributed by atoms with E-state index in [2.05, 4.69) is 12.2 Å². The van der Waals surface area contributed by atoms with E-state index in [1.807, 2.05) is 0 Å². The number of nitrogens with one attached hydrogen (secondary N) is 1. The SMILES string of the molecule is CC1CCCC(CN)(NCC2CCCO2)C1. The van der Waals surface area contributed by atoms with Crippen molar-refractivity contribution in [3.8, 4) is 0 Å². The number of ether oxygens (including phenoxy) is 1. The number of hydrogen-bond acceptors (Lipinski definition) is 3. The molecule has 2 aliphatic rings. The van der Waals surface area contributed by atoms with Gasteiger partial charge in [0.1, 0.15) is 0 Å². The van der Waals surface area contributed by atoms with Crippen LogP contribution >= 0.6 is 0 Å². The van der Waals surface area contributed by atoms with Gasteiger partial charge in [0.05, 0.1) is 6.10 Å². The van der Waals surface area contributed by atoms with E-state index in [4.69, 9.17) is 10.5 Å². The van der Waals surface area contributed by atoms with Gasteiger partial charge in [-0.1, -0.05) is 19.8 Å². The van der Waals surface area contributed by atoms with E-state index in [1.165, 1.54) is 38.5 Å². The minimum absolute atomic E-state index is 0.198. The molecule has 3 atom stereocenters. The van der Waals surface area contributed by atoms with Gasteiger partial charge in [-0.25, -0.2) is 0 Å². The van der Waals surface area contributed by atoms with Crippen molar-refractivity contribution in [2.24, 2.45) is 11.7 Å². The third-order valence-electron chi connectivity index (χ3n) is 4.21. The Kier molecular flexibility index (Phi) is 4.22. The number of nitrogens with two attached hydrogens (primary N) is 1. The molecule has 2 fully saturated rings. The molecular formula is C13H26N2O. The summed E-state index contributed by atoms with van der Waals surface area (Å²) in [7, 11) is 0. The summed E-state index contributed by atoms with van der Waals surface area (Å²) >= 11 is 0. The van der Waals surface area contributed by atoms with Gasteiger partial charge < -0.3 is 15.8 Å². The summed E-state index contributed by atoms with van der Waals surface area (Å²) in [5.74, 6) is 0.814. The summed E-state index contributed by atoms with van der Waals surface area (Å²) in [6, 6.07) is 0. The van der Waals surface area contributed by atoms with Crippen LogP contribution in [-0.2, 0) is 4.74 Å². The van der Waals surface area contributed by atoms with Crippen LogP contribution in [0.1, 0.15) is 45.4 Å². The topological polar surface area (TPSA) is 47.3 Å². The lowest BCUT2D eigenvalue weighted by Gasteiger charge is -2.40. The summed E-state index contributed by atoms with van der Waals surface area (Å²) in [5.41, 5.74) is 6.18. The zero-order chi connectivity index (χ0) is 11.4. The standard InChI is InChI=1S/C13H26N2O/c1-11-4-2-6-13(8-11,10-14)15-9-12-5-3-7-16-12/h11-12,15H,2-10,14H2,1H3. The zero-order valence-electron chi connectivity index (χ0n) is 10.5. The van der Waals surface area contributed by atoms with Gasteiger partial charge in [0, 0.05) is 25.2 Å². The molecule has 0 spiro atoms. The van der Waals surface area contributed by atoms with E-state index < -0.39 is 0 Å². The smallest absolute Gasteiger partial charge is 0.0700 e. The molecule has 94 valence electrons. The second-order valence-electron chi connectivity index (χ2n) is 5.70. The van der Waals surface area contributed by atoms with E-state index >= 15 is 0 Å². The highest BCUT2D eigenvalue weighted by Gasteiger charge is 2.34. The maximum atomic E-state index is 5.98. The molecule has 3 nitrogen and oxygen atoms in total. The van der Waals surface area contributed by atoms with Gasteiger partial charge in [-0.05, 0) is 31.6 Å². The van der Waals surface area contributed by atoms with Crippen molar-refractivity contribution in [1.29, 1.82) is 0 Å². The first kappa shape index (κ1) is 12.3. The summed E-state index contributed by atoms with van der Waals surface area (Å²) in [5, 5.41) is 3.71. The highest BCUT2D eigenvalue weighted by atomic mass is 16.5. The molecule has 3 heteroatoms. The molecule has 1 saturated carbocycles. The Labute approximate surface area is 99.1 Å². The molecule has 3 N–H and O–H groups in total. The van der Waals surface area contributed by atoms with Crippen LogP contribution in [0.25, 0.3) is 0 Å². The third kappa shape index (κ3) is 2.96. The zero-order valence-corrected chi connectivity index (χ0v) is 10.5. The van der Waals surface area contributed by atoms with Crippen LogP contribution in [0.3, 0.4) is 0 Å². The molecule has 0 aromatic carbocycles. The molecule has 1 heterocycles. The fraction of sp³-hybridized carbons (Fsp3) is 1.00. The fourth-order valence-corrected chi connectivity index (χ4v) is 3.21. The maximum absolute atomic E-state index is 5.98. The molecule has 0 bridgehead atoms. The Bertz CT molecular complexity index is 216. The number of rotatable bonds is 4. The van der Waals surface area contributed by atoms with Crippen molar-refractivity contribution >= 4 is 0 Å². The van der Waals surface area contributed by atoms with Crippen molar-refractivity contribution in [3.63, 3.8) is 0 Å². The Morgan fingerprint density at radius 1 is 1.38 bits per heavy atom. The van der Waals surface area contributed by atoms with Gasteiger partial charge in [0.2, 0.25) is 0 Å². The predicted octanol–water partition coefficient (Wildman–Crippen LogP) is 1.66. The average Bonchev–Trinajstić information content (AvgIpc) is 2.79. The summed E-state index contributed by atoms with van der Waals surface area (Å²) in [6.45, 7) is 5.05. The van der Waals surface area contributed by atoms with Gasteiger partial charge in [-0.15, -0.1) is 0 Å². The van der Waals surface area contributed by atoms with E-state index in [0.29, 0.717) is 6.10 Å². The second kappa shape index (κ2) is 5.48. The normalized spacial score (nSPS) is 40.1. The molecule has 1 saturated heterocycles. The summed E-state index contributed by atoms with van der Waals surface area (Å²) in [4.78, 5) is 0. The Balaban J connectivity index is 1.83. The van der Waals surface area contributed by atoms with Crippen molar-refractivity contribution in [2.75, 3.05) is 19.7 Å². The van der Waals surface area contributed by atoms with E-state index in [9.17, 15) is 0 Å². The Hall–Kier alpha value is -0.120. The Morgan fingerprint density at radius 3 is 2.88 bits per heavy atom. The monoisotopic (exact) mass is 226 g/mol. The quantitative estimate of drug-likeness (QED) is 0.766. The van der Waals surface area contributed by atoms with Crippen LogP contribution in [0.2, 0.25) is 0 Å². The van der Waals surface area contributed by atoms with Crippen molar-refractivity contribution in [1.82, 2.24) is 5.32 Å². The fourth-order valence-electron chi connectivity index (χ4n) is 3.21. The van der Waals surface area contributed by atoms with E-state index in [1.54, 1.807) is 0 Å².